The van der Waals surface area contributed by atoms with Crippen LogP contribution >= 0.6 is 22.6 Å². The molecule has 2 unspecified atom stereocenters. The number of carbonyl (C=O) groups is 2. The fourth-order valence-corrected chi connectivity index (χ4v) is 1.62. The summed E-state index contributed by atoms with van der Waals surface area (Å²) in [5.41, 5.74) is 0. The lowest BCUT2D eigenvalue weighted by atomic mass is 10.0. The molecule has 0 saturated carbocycles. The Morgan fingerprint density at radius 2 is 2.45 bits per heavy atom. The van der Waals surface area contributed by atoms with E-state index in [2.05, 4.69) is 22.6 Å². The standard InChI is InChI=1S/C7H9IO3/c1-4(9)6-2-5(3-8)11-7(6)10/h5-6H,2-3H2,1H3. The highest BCUT2D eigenvalue weighted by Gasteiger charge is 2.36. The molecule has 0 radical (unpaired) electrons. The van der Waals surface area contributed by atoms with Gasteiger partial charge in [0.25, 0.3) is 0 Å². The number of hydrogen-bond acceptors (Lipinski definition) is 3. The van der Waals surface area contributed by atoms with Crippen LogP contribution in [0.2, 0.25) is 0 Å². The van der Waals surface area contributed by atoms with Gasteiger partial charge in [0, 0.05) is 10.8 Å². The molecule has 0 aromatic carbocycles. The van der Waals surface area contributed by atoms with Crippen molar-refractivity contribution < 1.29 is 14.3 Å². The van der Waals surface area contributed by atoms with Gasteiger partial charge in [-0.15, -0.1) is 0 Å². The van der Waals surface area contributed by atoms with Crippen molar-refractivity contribution in [3.05, 3.63) is 0 Å². The minimum Gasteiger partial charge on any atom is -0.461 e. The van der Waals surface area contributed by atoms with Gasteiger partial charge in [-0.2, -0.15) is 0 Å². The summed E-state index contributed by atoms with van der Waals surface area (Å²) >= 11 is 2.14. The monoisotopic (exact) mass is 268 g/mol. The van der Waals surface area contributed by atoms with E-state index < -0.39 is 5.92 Å². The summed E-state index contributed by atoms with van der Waals surface area (Å²) < 4.78 is 5.69. The molecule has 1 aliphatic heterocycles. The van der Waals surface area contributed by atoms with Gasteiger partial charge < -0.3 is 4.74 Å². The first-order chi connectivity index (χ1) is 5.15. The molecule has 2 atom stereocenters. The van der Waals surface area contributed by atoms with E-state index in [0.717, 1.165) is 4.43 Å². The van der Waals surface area contributed by atoms with E-state index in [9.17, 15) is 9.59 Å². The highest BCUT2D eigenvalue weighted by molar-refractivity contribution is 14.1. The topological polar surface area (TPSA) is 43.4 Å². The van der Waals surface area contributed by atoms with Gasteiger partial charge >= 0.3 is 5.97 Å². The molecular formula is C7H9IO3. The lowest BCUT2D eigenvalue weighted by Crippen LogP contribution is -2.15. The molecule has 0 spiro atoms. The van der Waals surface area contributed by atoms with Gasteiger partial charge in [0.15, 0.2) is 0 Å². The van der Waals surface area contributed by atoms with E-state index >= 15 is 0 Å². The average molecular weight is 268 g/mol. The van der Waals surface area contributed by atoms with Crippen molar-refractivity contribution in [3.8, 4) is 0 Å². The summed E-state index contributed by atoms with van der Waals surface area (Å²) in [6.07, 6.45) is 0.522. The van der Waals surface area contributed by atoms with Crippen LogP contribution in [0.3, 0.4) is 0 Å². The first-order valence-electron chi connectivity index (χ1n) is 3.42. The average Bonchev–Trinajstić information content (AvgIpc) is 2.30. The number of rotatable bonds is 2. The summed E-state index contributed by atoms with van der Waals surface area (Å²) in [6, 6.07) is 0. The second-order valence-electron chi connectivity index (χ2n) is 2.61. The van der Waals surface area contributed by atoms with Crippen LogP contribution in [-0.2, 0) is 14.3 Å². The highest BCUT2D eigenvalue weighted by atomic mass is 127. The largest absolute Gasteiger partial charge is 0.461 e. The molecule has 0 amide bonds. The number of ketones is 1. The molecule has 0 N–H and O–H groups in total. The first-order valence-corrected chi connectivity index (χ1v) is 4.94. The molecule has 62 valence electrons. The summed E-state index contributed by atoms with van der Waals surface area (Å²) in [5.74, 6) is -0.920. The zero-order valence-electron chi connectivity index (χ0n) is 6.17. The lowest BCUT2D eigenvalue weighted by Gasteiger charge is -2.00. The predicted octanol–water partition coefficient (Wildman–Crippen LogP) is 0.942. The fraction of sp³-hybridized carbons (Fsp3) is 0.714. The number of hydrogen-bond donors (Lipinski definition) is 0. The van der Waals surface area contributed by atoms with Crippen LogP contribution in [0.4, 0.5) is 0 Å². The van der Waals surface area contributed by atoms with Gasteiger partial charge in [0.05, 0.1) is 0 Å². The number of alkyl halides is 1. The summed E-state index contributed by atoms with van der Waals surface area (Å²) in [7, 11) is 0. The van der Waals surface area contributed by atoms with Crippen molar-refractivity contribution in [2.45, 2.75) is 19.4 Å². The van der Waals surface area contributed by atoms with E-state index in [1.165, 1.54) is 6.92 Å². The maximum atomic E-state index is 10.9. The van der Waals surface area contributed by atoms with Crippen LogP contribution in [0.25, 0.3) is 0 Å². The van der Waals surface area contributed by atoms with E-state index in [1.807, 2.05) is 0 Å². The molecule has 1 rings (SSSR count). The second-order valence-corrected chi connectivity index (χ2v) is 3.49. The van der Waals surface area contributed by atoms with Crippen LogP contribution in [0.1, 0.15) is 13.3 Å². The molecule has 1 aliphatic rings. The predicted molar refractivity (Wildman–Crippen MR) is 47.6 cm³/mol. The number of ether oxygens (including phenoxy) is 1. The molecule has 4 heteroatoms. The van der Waals surface area contributed by atoms with Crippen LogP contribution in [-0.4, -0.2) is 22.3 Å². The smallest absolute Gasteiger partial charge is 0.316 e. The van der Waals surface area contributed by atoms with Crippen molar-refractivity contribution in [3.63, 3.8) is 0 Å². The van der Waals surface area contributed by atoms with Crippen molar-refractivity contribution in [2.24, 2.45) is 5.92 Å². The molecule has 1 fully saturated rings. The molecule has 3 nitrogen and oxygen atoms in total. The van der Waals surface area contributed by atoms with Crippen molar-refractivity contribution >= 4 is 34.3 Å². The summed E-state index contributed by atoms with van der Waals surface area (Å²) in [5, 5.41) is 0. The fourth-order valence-electron chi connectivity index (χ4n) is 1.08. The molecule has 0 aliphatic carbocycles. The minimum atomic E-state index is -0.491. The van der Waals surface area contributed by atoms with Gasteiger partial charge in [0.2, 0.25) is 0 Å². The third kappa shape index (κ3) is 1.91. The molecule has 11 heavy (non-hydrogen) atoms. The van der Waals surface area contributed by atoms with Gasteiger partial charge in [-0.3, -0.25) is 9.59 Å². The quantitative estimate of drug-likeness (QED) is 0.324. The van der Waals surface area contributed by atoms with Crippen molar-refractivity contribution in [1.29, 1.82) is 0 Å². The van der Waals surface area contributed by atoms with E-state index in [0.29, 0.717) is 6.42 Å². The van der Waals surface area contributed by atoms with Gasteiger partial charge in [-0.1, -0.05) is 22.6 Å². The normalized spacial score (nSPS) is 30.2. The third-order valence-corrected chi connectivity index (χ3v) is 2.71. The van der Waals surface area contributed by atoms with E-state index in [4.69, 9.17) is 4.74 Å². The number of cyclic esters (lactones) is 1. The Balaban J connectivity index is 2.59. The number of carbonyl (C=O) groups excluding carboxylic acids is 2. The zero-order valence-corrected chi connectivity index (χ0v) is 8.33. The Morgan fingerprint density at radius 3 is 2.73 bits per heavy atom. The molecule has 0 aromatic heterocycles. The Morgan fingerprint density at radius 1 is 1.82 bits per heavy atom. The summed E-state index contributed by atoms with van der Waals surface area (Å²) in [6.45, 7) is 1.43. The maximum Gasteiger partial charge on any atom is 0.316 e. The Hall–Kier alpha value is -0.130. The third-order valence-electron chi connectivity index (χ3n) is 1.73. The minimum absolute atomic E-state index is 0.0444. The number of halogens is 1. The summed E-state index contributed by atoms with van der Waals surface area (Å²) in [4.78, 5) is 21.8. The van der Waals surface area contributed by atoms with Crippen LogP contribution in [0.15, 0.2) is 0 Å². The molecule has 0 bridgehead atoms. The first kappa shape index (κ1) is 8.96. The molecule has 1 heterocycles. The van der Waals surface area contributed by atoms with Gasteiger partial charge in [-0.05, 0) is 6.92 Å². The Bertz CT molecular complexity index is 190. The number of Topliss-reactive ketones (excluding diaryl/α,β-unsaturated/α-hetero) is 1. The lowest BCUT2D eigenvalue weighted by molar-refractivity contribution is -0.145. The maximum absolute atomic E-state index is 10.9. The van der Waals surface area contributed by atoms with Crippen LogP contribution in [0.5, 0.6) is 0 Å². The molecule has 1 saturated heterocycles. The molecular weight excluding hydrogens is 259 g/mol. The van der Waals surface area contributed by atoms with Crippen molar-refractivity contribution in [1.82, 2.24) is 0 Å². The van der Waals surface area contributed by atoms with E-state index in [-0.39, 0.29) is 17.9 Å². The zero-order chi connectivity index (χ0) is 8.43. The van der Waals surface area contributed by atoms with Crippen LogP contribution in [0, 0.1) is 5.92 Å². The highest BCUT2D eigenvalue weighted by Crippen LogP contribution is 2.22. The van der Waals surface area contributed by atoms with Gasteiger partial charge in [0.1, 0.15) is 17.8 Å². The SMILES string of the molecule is CC(=O)C1CC(CI)OC1=O. The number of esters is 1. The van der Waals surface area contributed by atoms with Gasteiger partial charge in [-0.25, -0.2) is 0 Å². The Labute approximate surface area is 78.6 Å². The van der Waals surface area contributed by atoms with E-state index in [1.54, 1.807) is 0 Å². The van der Waals surface area contributed by atoms with Crippen molar-refractivity contribution in [2.75, 3.05) is 4.43 Å². The second kappa shape index (κ2) is 3.51. The van der Waals surface area contributed by atoms with Crippen LogP contribution < -0.4 is 0 Å². The molecule has 0 aromatic rings. The Kier molecular flexibility index (Phi) is 2.86.